The molecule has 2 aromatic rings. The van der Waals surface area contributed by atoms with Gasteiger partial charge in [-0.25, -0.2) is 9.98 Å². The number of nitrogens with zero attached hydrogens (tertiary/aromatic N) is 2. The molecule has 0 aliphatic rings. The largest absolute Gasteiger partial charge is 0.396 e. The minimum atomic E-state index is 0. The van der Waals surface area contributed by atoms with E-state index in [1.807, 2.05) is 50.4 Å². The number of hydrogen-bond donors (Lipinski definition) is 3. The Morgan fingerprint density at radius 1 is 1.29 bits per heavy atom. The summed E-state index contributed by atoms with van der Waals surface area (Å²) >= 11 is 1.66. The van der Waals surface area contributed by atoms with E-state index in [2.05, 4.69) is 20.6 Å². The van der Waals surface area contributed by atoms with E-state index in [0.29, 0.717) is 13.1 Å². The molecule has 1 unspecified atom stereocenters. The average Bonchev–Trinajstić information content (AvgIpc) is 2.99. The quantitative estimate of drug-likeness (QED) is 0.338. The molecule has 3 N–H and O–H groups in total. The fourth-order valence-electron chi connectivity index (χ4n) is 2.20. The first-order valence-corrected chi connectivity index (χ1v) is 8.63. The summed E-state index contributed by atoms with van der Waals surface area (Å²) in [5.41, 5.74) is 1.12. The molecular weight excluding hydrogens is 435 g/mol. The molecule has 1 aromatic heterocycles. The topological polar surface area (TPSA) is 69.5 Å². The van der Waals surface area contributed by atoms with Crippen LogP contribution >= 0.6 is 35.3 Å². The second kappa shape index (κ2) is 11.4. The number of aryl methyl sites for hydroxylation is 1. The zero-order valence-corrected chi connectivity index (χ0v) is 17.2. The van der Waals surface area contributed by atoms with Gasteiger partial charge in [0.2, 0.25) is 0 Å². The van der Waals surface area contributed by atoms with Gasteiger partial charge in [0.25, 0.3) is 0 Å². The number of aliphatic imine (C=N–C) groups is 1. The van der Waals surface area contributed by atoms with Crippen molar-refractivity contribution < 1.29 is 5.11 Å². The number of benzene rings is 1. The van der Waals surface area contributed by atoms with Crippen LogP contribution in [0.15, 0.2) is 41.5 Å². The van der Waals surface area contributed by atoms with Crippen molar-refractivity contribution in [2.75, 3.05) is 19.7 Å². The minimum Gasteiger partial charge on any atom is -0.396 e. The minimum absolute atomic E-state index is 0. The Balaban J connectivity index is 0.00000288. The molecule has 1 heterocycles. The lowest BCUT2D eigenvalue weighted by Gasteiger charge is -2.17. The standard InChI is InChI=1S/C17H24N4OS.HI/c1-3-18-17(21-11-16-19-9-13(2)23-16)20-10-15(12-22)14-7-5-4-6-8-14;/h4-9,15,22H,3,10-12H2,1-2H3,(H2,18,20,21);1H. The lowest BCUT2D eigenvalue weighted by molar-refractivity contribution is 0.265. The number of halogens is 1. The molecule has 0 saturated carbocycles. The molecule has 1 atom stereocenters. The van der Waals surface area contributed by atoms with E-state index in [1.54, 1.807) is 11.3 Å². The Bertz CT molecular complexity index is 618. The number of rotatable bonds is 7. The monoisotopic (exact) mass is 460 g/mol. The Morgan fingerprint density at radius 3 is 2.62 bits per heavy atom. The zero-order valence-electron chi connectivity index (χ0n) is 14.0. The van der Waals surface area contributed by atoms with Crippen LogP contribution in [0.3, 0.4) is 0 Å². The van der Waals surface area contributed by atoms with E-state index in [1.165, 1.54) is 4.88 Å². The van der Waals surface area contributed by atoms with Gasteiger partial charge in [-0.1, -0.05) is 30.3 Å². The number of aliphatic hydroxyl groups is 1. The molecule has 5 nitrogen and oxygen atoms in total. The molecule has 0 amide bonds. The first-order chi connectivity index (χ1) is 11.2. The van der Waals surface area contributed by atoms with Crippen LogP contribution in [0, 0.1) is 6.92 Å². The van der Waals surface area contributed by atoms with Crippen LogP contribution < -0.4 is 10.6 Å². The zero-order chi connectivity index (χ0) is 16.5. The van der Waals surface area contributed by atoms with Crippen molar-refractivity contribution in [3.63, 3.8) is 0 Å². The van der Waals surface area contributed by atoms with Crippen molar-refractivity contribution in [3.05, 3.63) is 52.0 Å². The van der Waals surface area contributed by atoms with Gasteiger partial charge in [0.05, 0.1) is 13.2 Å². The highest BCUT2D eigenvalue weighted by Crippen LogP contribution is 2.14. The number of thiazole rings is 1. The fraction of sp³-hybridized carbons (Fsp3) is 0.412. The van der Waals surface area contributed by atoms with Crippen LogP contribution in [-0.2, 0) is 6.54 Å². The first kappa shape index (κ1) is 20.9. The summed E-state index contributed by atoms with van der Waals surface area (Å²) in [5.74, 6) is 0.789. The van der Waals surface area contributed by atoms with Crippen molar-refractivity contribution in [1.82, 2.24) is 15.6 Å². The molecule has 0 radical (unpaired) electrons. The summed E-state index contributed by atoms with van der Waals surface area (Å²) in [6.07, 6.45) is 1.87. The molecule has 24 heavy (non-hydrogen) atoms. The SMILES string of the molecule is CCNC(=NCc1ncc(C)s1)NCC(CO)c1ccccc1.I. The summed E-state index contributed by atoms with van der Waals surface area (Å²) in [7, 11) is 0. The van der Waals surface area contributed by atoms with Crippen LogP contribution in [0.5, 0.6) is 0 Å². The number of aromatic nitrogens is 1. The van der Waals surface area contributed by atoms with Gasteiger partial charge >= 0.3 is 0 Å². The Hall–Kier alpha value is -1.19. The highest BCUT2D eigenvalue weighted by molar-refractivity contribution is 14.0. The third-order valence-corrected chi connectivity index (χ3v) is 4.29. The van der Waals surface area contributed by atoms with Crippen LogP contribution in [0.2, 0.25) is 0 Å². The summed E-state index contributed by atoms with van der Waals surface area (Å²) in [4.78, 5) is 10.1. The summed E-state index contributed by atoms with van der Waals surface area (Å²) in [6.45, 7) is 6.15. The van der Waals surface area contributed by atoms with Gasteiger partial charge in [0, 0.05) is 30.1 Å². The first-order valence-electron chi connectivity index (χ1n) is 7.82. The molecule has 2 rings (SSSR count). The lowest BCUT2D eigenvalue weighted by Crippen LogP contribution is -2.39. The Morgan fingerprint density at radius 2 is 2.04 bits per heavy atom. The summed E-state index contributed by atoms with van der Waals surface area (Å²) in [6, 6.07) is 10.0. The van der Waals surface area contributed by atoms with Crippen molar-refractivity contribution in [2.24, 2.45) is 4.99 Å². The van der Waals surface area contributed by atoms with Crippen LogP contribution in [0.1, 0.15) is 28.3 Å². The van der Waals surface area contributed by atoms with Gasteiger partial charge in [0.1, 0.15) is 5.01 Å². The molecule has 132 valence electrons. The molecule has 0 bridgehead atoms. The van der Waals surface area contributed by atoms with Crippen molar-refractivity contribution >= 4 is 41.3 Å². The smallest absolute Gasteiger partial charge is 0.191 e. The predicted molar refractivity (Wildman–Crippen MR) is 111 cm³/mol. The van der Waals surface area contributed by atoms with Gasteiger partial charge < -0.3 is 15.7 Å². The predicted octanol–water partition coefficient (Wildman–Crippen LogP) is 2.90. The molecule has 0 fully saturated rings. The third-order valence-electron chi connectivity index (χ3n) is 3.39. The van der Waals surface area contributed by atoms with Crippen molar-refractivity contribution in [1.29, 1.82) is 0 Å². The average molecular weight is 460 g/mol. The summed E-state index contributed by atoms with van der Waals surface area (Å²) < 4.78 is 0. The lowest BCUT2D eigenvalue weighted by atomic mass is 10.0. The number of guanidine groups is 1. The third kappa shape index (κ3) is 6.74. The molecule has 1 aromatic carbocycles. The van der Waals surface area contributed by atoms with Gasteiger partial charge in [-0.15, -0.1) is 35.3 Å². The van der Waals surface area contributed by atoms with E-state index >= 15 is 0 Å². The Labute approximate surface area is 164 Å². The van der Waals surface area contributed by atoms with Gasteiger partial charge in [-0.05, 0) is 19.4 Å². The highest BCUT2D eigenvalue weighted by atomic mass is 127. The number of hydrogen-bond acceptors (Lipinski definition) is 4. The van der Waals surface area contributed by atoms with Gasteiger partial charge in [0.15, 0.2) is 5.96 Å². The molecule has 7 heteroatoms. The molecule has 0 aliphatic carbocycles. The van der Waals surface area contributed by atoms with Gasteiger partial charge in [-0.2, -0.15) is 0 Å². The van der Waals surface area contributed by atoms with E-state index in [0.717, 1.165) is 23.1 Å². The molecular formula is C17H25IN4OS. The van der Waals surface area contributed by atoms with E-state index in [-0.39, 0.29) is 36.5 Å². The summed E-state index contributed by atoms with van der Waals surface area (Å²) in [5, 5.41) is 17.2. The van der Waals surface area contributed by atoms with Crippen molar-refractivity contribution in [3.8, 4) is 0 Å². The Kier molecular flexibility index (Phi) is 9.89. The maximum Gasteiger partial charge on any atom is 0.191 e. The van der Waals surface area contributed by atoms with E-state index in [4.69, 9.17) is 0 Å². The van der Waals surface area contributed by atoms with Gasteiger partial charge in [-0.3, -0.25) is 0 Å². The van der Waals surface area contributed by atoms with E-state index in [9.17, 15) is 5.11 Å². The number of nitrogens with one attached hydrogen (secondary N) is 2. The van der Waals surface area contributed by atoms with E-state index < -0.39 is 0 Å². The molecule has 0 aliphatic heterocycles. The van der Waals surface area contributed by atoms with Crippen molar-refractivity contribution in [2.45, 2.75) is 26.3 Å². The maximum absolute atomic E-state index is 9.62. The molecule has 0 saturated heterocycles. The van der Waals surface area contributed by atoms with Crippen LogP contribution in [0.25, 0.3) is 0 Å². The fourth-order valence-corrected chi connectivity index (χ4v) is 2.91. The normalized spacial score (nSPS) is 12.4. The molecule has 0 spiro atoms. The second-order valence-electron chi connectivity index (χ2n) is 5.23. The van der Waals surface area contributed by atoms with Crippen LogP contribution in [-0.4, -0.2) is 35.7 Å². The number of aliphatic hydroxyl groups excluding tert-OH is 1. The van der Waals surface area contributed by atoms with Crippen LogP contribution in [0.4, 0.5) is 0 Å². The maximum atomic E-state index is 9.62. The highest BCUT2D eigenvalue weighted by Gasteiger charge is 2.10. The second-order valence-corrected chi connectivity index (χ2v) is 6.55.